The molecule has 9 nitrogen and oxygen atoms in total. The van der Waals surface area contributed by atoms with Crippen LogP contribution in [0.25, 0.3) is 0 Å². The molecule has 0 aromatic heterocycles. The third-order valence-electron chi connectivity index (χ3n) is 10.1. The van der Waals surface area contributed by atoms with Crippen LogP contribution in [0.15, 0.2) is 0 Å². The fraction of sp³-hybridized carbons (Fsp3) is 0.885. The fourth-order valence-electron chi connectivity index (χ4n) is 8.55. The summed E-state index contributed by atoms with van der Waals surface area (Å²) in [6.07, 6.45) is 6.27. The minimum atomic E-state index is -0.775. The molecule has 9 unspecified atom stereocenters. The van der Waals surface area contributed by atoms with E-state index in [2.05, 4.69) is 0 Å². The van der Waals surface area contributed by atoms with Crippen LogP contribution in [0.3, 0.4) is 0 Å². The standard InChI is InChI=1S/C26H35NO8/c28-17(13-27-7-9-31-10-8-27)32-22-21-19(18-20(33-21)23(22)34-24(18)29)25(30)35-26(5-1-2-6-26)16-12-14-3-4-15(16)11-14/h14-16,18-23H,1-13H2. The highest BCUT2D eigenvalue weighted by Crippen LogP contribution is 2.58. The molecule has 9 atom stereocenters. The largest absolute Gasteiger partial charge is 0.458 e. The van der Waals surface area contributed by atoms with E-state index in [0.29, 0.717) is 38.1 Å². The van der Waals surface area contributed by atoms with Crippen molar-refractivity contribution in [1.82, 2.24) is 4.90 Å². The SMILES string of the molecule is O=C(CN1CCOCC1)OC1C2OC(=O)C3C2OC1C3C(=O)OC1(C2CC3CCC2C3)CCCC1. The predicted molar refractivity (Wildman–Crippen MR) is 119 cm³/mol. The molecule has 0 spiro atoms. The summed E-state index contributed by atoms with van der Waals surface area (Å²) in [5.74, 6) is -0.778. The van der Waals surface area contributed by atoms with Crippen molar-refractivity contribution < 1.29 is 38.1 Å². The van der Waals surface area contributed by atoms with Crippen LogP contribution in [0.1, 0.15) is 51.4 Å². The van der Waals surface area contributed by atoms with Gasteiger partial charge in [-0.3, -0.25) is 19.3 Å². The molecule has 0 aromatic rings. The Kier molecular flexibility index (Phi) is 5.41. The van der Waals surface area contributed by atoms with Gasteiger partial charge in [-0.2, -0.15) is 0 Å². The van der Waals surface area contributed by atoms with Crippen LogP contribution >= 0.6 is 0 Å². The zero-order valence-electron chi connectivity index (χ0n) is 20.1. The molecule has 7 fully saturated rings. The summed E-state index contributed by atoms with van der Waals surface area (Å²) >= 11 is 0. The number of carbonyl (C=O) groups is 3. The van der Waals surface area contributed by atoms with Crippen LogP contribution in [-0.2, 0) is 38.1 Å². The average Bonchev–Trinajstić information content (AvgIpc) is 3.67. The maximum absolute atomic E-state index is 13.8. The van der Waals surface area contributed by atoms with Crippen molar-refractivity contribution in [3.63, 3.8) is 0 Å². The third kappa shape index (κ3) is 3.55. The number of rotatable bonds is 6. The molecule has 4 heterocycles. The lowest BCUT2D eigenvalue weighted by molar-refractivity contribution is -0.180. The number of hydrogen-bond acceptors (Lipinski definition) is 9. The Morgan fingerprint density at radius 1 is 1.03 bits per heavy atom. The summed E-state index contributed by atoms with van der Waals surface area (Å²) in [6.45, 7) is 2.66. The highest BCUT2D eigenvalue weighted by molar-refractivity contribution is 5.87. The van der Waals surface area contributed by atoms with E-state index in [-0.39, 0.29) is 12.5 Å². The lowest BCUT2D eigenvalue weighted by Gasteiger charge is -2.41. The van der Waals surface area contributed by atoms with Gasteiger partial charge >= 0.3 is 17.9 Å². The topological polar surface area (TPSA) is 101 Å². The van der Waals surface area contributed by atoms with Crippen LogP contribution in [0, 0.1) is 29.6 Å². The van der Waals surface area contributed by atoms with Crippen molar-refractivity contribution in [3.05, 3.63) is 0 Å². The van der Waals surface area contributed by atoms with Gasteiger partial charge in [-0.05, 0) is 56.8 Å². The number of fused-ring (bicyclic) bond motifs is 3. The summed E-state index contributed by atoms with van der Waals surface area (Å²) in [7, 11) is 0. The van der Waals surface area contributed by atoms with Crippen LogP contribution in [0.5, 0.6) is 0 Å². The zero-order chi connectivity index (χ0) is 23.7. The molecular formula is C26H35NO8. The summed E-state index contributed by atoms with van der Waals surface area (Å²) < 4.78 is 29.3. The van der Waals surface area contributed by atoms with Gasteiger partial charge in [0.2, 0.25) is 0 Å². The molecule has 9 heteroatoms. The first-order chi connectivity index (χ1) is 17.0. The van der Waals surface area contributed by atoms with Crippen LogP contribution in [0.2, 0.25) is 0 Å². The van der Waals surface area contributed by atoms with Gasteiger partial charge in [0.15, 0.2) is 12.2 Å². The minimum Gasteiger partial charge on any atom is -0.458 e. The van der Waals surface area contributed by atoms with E-state index in [1.807, 2.05) is 4.90 Å². The molecule has 0 N–H and O–H groups in total. The van der Waals surface area contributed by atoms with Crippen molar-refractivity contribution in [3.8, 4) is 0 Å². The Labute approximate surface area is 205 Å². The number of morpholine rings is 1. The summed E-state index contributed by atoms with van der Waals surface area (Å²) in [6, 6.07) is 0. The summed E-state index contributed by atoms with van der Waals surface area (Å²) in [4.78, 5) is 41.2. The molecule has 4 aliphatic heterocycles. The van der Waals surface area contributed by atoms with Crippen molar-refractivity contribution in [1.29, 1.82) is 0 Å². The molecule has 3 saturated carbocycles. The lowest BCUT2D eigenvalue weighted by atomic mass is 9.74. The van der Waals surface area contributed by atoms with Gasteiger partial charge in [0.1, 0.15) is 29.6 Å². The second-order valence-corrected chi connectivity index (χ2v) is 11.8. The summed E-state index contributed by atoms with van der Waals surface area (Å²) in [5.41, 5.74) is -0.414. The van der Waals surface area contributed by atoms with Gasteiger partial charge in [0.25, 0.3) is 0 Å². The van der Waals surface area contributed by atoms with E-state index in [1.165, 1.54) is 19.3 Å². The Hall–Kier alpha value is -1.71. The fourth-order valence-corrected chi connectivity index (χ4v) is 8.55. The molecule has 192 valence electrons. The van der Waals surface area contributed by atoms with E-state index in [0.717, 1.165) is 38.0 Å². The van der Waals surface area contributed by atoms with Crippen molar-refractivity contribution in [2.45, 2.75) is 81.4 Å². The van der Waals surface area contributed by atoms with E-state index in [4.69, 9.17) is 23.7 Å². The first-order valence-corrected chi connectivity index (χ1v) is 13.6. The second kappa shape index (κ2) is 8.42. The lowest BCUT2D eigenvalue weighted by Crippen LogP contribution is -2.51. The molecule has 0 radical (unpaired) electrons. The Morgan fingerprint density at radius 2 is 1.83 bits per heavy atom. The van der Waals surface area contributed by atoms with Gasteiger partial charge < -0.3 is 23.7 Å². The Morgan fingerprint density at radius 3 is 2.54 bits per heavy atom. The van der Waals surface area contributed by atoms with Gasteiger partial charge in [-0.25, -0.2) is 0 Å². The van der Waals surface area contributed by atoms with Crippen molar-refractivity contribution >= 4 is 17.9 Å². The van der Waals surface area contributed by atoms with Crippen LogP contribution in [-0.4, -0.2) is 85.7 Å². The number of nitrogens with zero attached hydrogens (tertiary/aromatic N) is 1. The molecular weight excluding hydrogens is 454 g/mol. The maximum Gasteiger partial charge on any atom is 0.320 e. The minimum absolute atomic E-state index is 0.143. The van der Waals surface area contributed by atoms with Crippen LogP contribution in [0.4, 0.5) is 0 Å². The maximum atomic E-state index is 13.8. The molecule has 3 aliphatic carbocycles. The molecule has 0 amide bonds. The van der Waals surface area contributed by atoms with Crippen molar-refractivity contribution in [2.75, 3.05) is 32.8 Å². The third-order valence-corrected chi connectivity index (χ3v) is 10.1. The number of carbonyl (C=O) groups excluding carboxylic acids is 3. The average molecular weight is 490 g/mol. The molecule has 4 bridgehead atoms. The highest BCUT2D eigenvalue weighted by atomic mass is 16.7. The number of esters is 3. The van der Waals surface area contributed by atoms with E-state index in [9.17, 15) is 14.4 Å². The molecule has 0 aromatic carbocycles. The van der Waals surface area contributed by atoms with E-state index >= 15 is 0 Å². The van der Waals surface area contributed by atoms with Gasteiger partial charge in [0.05, 0.1) is 19.8 Å². The van der Waals surface area contributed by atoms with Gasteiger partial charge in [0, 0.05) is 19.0 Å². The first kappa shape index (κ1) is 22.5. The smallest absolute Gasteiger partial charge is 0.320 e. The van der Waals surface area contributed by atoms with Crippen LogP contribution < -0.4 is 0 Å². The van der Waals surface area contributed by atoms with Crippen molar-refractivity contribution in [2.24, 2.45) is 29.6 Å². The van der Waals surface area contributed by atoms with Gasteiger partial charge in [-0.1, -0.05) is 6.42 Å². The second-order valence-electron chi connectivity index (χ2n) is 11.8. The number of hydrogen-bond donors (Lipinski definition) is 0. The zero-order valence-corrected chi connectivity index (χ0v) is 20.1. The molecule has 7 rings (SSSR count). The Bertz CT molecular complexity index is 896. The number of ether oxygens (including phenoxy) is 5. The summed E-state index contributed by atoms with van der Waals surface area (Å²) in [5, 5.41) is 0. The molecule has 4 saturated heterocycles. The highest BCUT2D eigenvalue weighted by Gasteiger charge is 2.72. The quantitative estimate of drug-likeness (QED) is 0.405. The normalized spacial score (nSPS) is 45.1. The van der Waals surface area contributed by atoms with Gasteiger partial charge in [-0.15, -0.1) is 0 Å². The van der Waals surface area contributed by atoms with E-state index < -0.39 is 53.8 Å². The Balaban J connectivity index is 1.08. The predicted octanol–water partition coefficient (Wildman–Crippen LogP) is 1.46. The monoisotopic (exact) mass is 489 g/mol. The molecule has 35 heavy (non-hydrogen) atoms. The molecule has 7 aliphatic rings. The first-order valence-electron chi connectivity index (χ1n) is 13.6. The van der Waals surface area contributed by atoms with E-state index in [1.54, 1.807) is 0 Å².